The van der Waals surface area contributed by atoms with Gasteiger partial charge in [0.05, 0.1) is 12.7 Å². The molecule has 0 saturated carbocycles. The van der Waals surface area contributed by atoms with Crippen molar-refractivity contribution in [3.8, 4) is 17.0 Å². The highest BCUT2D eigenvalue weighted by atomic mass is 16.3. The summed E-state index contributed by atoms with van der Waals surface area (Å²) in [6.07, 6.45) is -0.869. The number of phenolic OH excluding ortho intramolecular Hbond substituents is 1. The van der Waals surface area contributed by atoms with E-state index in [4.69, 9.17) is 5.11 Å². The van der Waals surface area contributed by atoms with E-state index in [9.17, 15) is 10.2 Å². The fraction of sp³-hybridized carbons (Fsp3) is 0.222. The van der Waals surface area contributed by atoms with Crippen LogP contribution in [0.3, 0.4) is 0 Å². The summed E-state index contributed by atoms with van der Waals surface area (Å²) < 4.78 is 0. The molecule has 1 unspecified atom stereocenters. The van der Waals surface area contributed by atoms with Crippen molar-refractivity contribution in [1.29, 1.82) is 0 Å². The molecule has 0 aliphatic rings. The zero-order chi connectivity index (χ0) is 17.1. The third-order valence-electron chi connectivity index (χ3n) is 3.81. The monoisotopic (exact) mass is 325 g/mol. The number of nitrogens with zero attached hydrogens (tertiary/aromatic N) is 2. The lowest BCUT2D eigenvalue weighted by Gasteiger charge is -2.13. The third kappa shape index (κ3) is 3.15. The minimum atomic E-state index is -0.869. The number of aromatic nitrogens is 2. The fourth-order valence-electron chi connectivity index (χ4n) is 2.55. The number of hydrogen-bond donors (Lipinski definition) is 4. The Hall–Kier alpha value is -2.70. The number of phenols is 1. The second-order valence-corrected chi connectivity index (χ2v) is 5.68. The van der Waals surface area contributed by atoms with Crippen LogP contribution in [-0.2, 0) is 0 Å². The zero-order valence-electron chi connectivity index (χ0n) is 13.3. The van der Waals surface area contributed by atoms with Crippen LogP contribution in [0.4, 0.5) is 5.82 Å². The van der Waals surface area contributed by atoms with E-state index in [1.54, 1.807) is 6.07 Å². The van der Waals surface area contributed by atoms with E-state index in [1.165, 1.54) is 0 Å². The highest BCUT2D eigenvalue weighted by Crippen LogP contribution is 2.34. The van der Waals surface area contributed by atoms with Crippen molar-refractivity contribution in [2.45, 2.75) is 13.0 Å². The van der Waals surface area contributed by atoms with Gasteiger partial charge in [0.2, 0.25) is 0 Å². The van der Waals surface area contributed by atoms with Gasteiger partial charge >= 0.3 is 0 Å². The Morgan fingerprint density at radius 1 is 1.08 bits per heavy atom. The summed E-state index contributed by atoms with van der Waals surface area (Å²) in [5.41, 5.74) is 2.17. The average molecular weight is 325 g/mol. The number of benzene rings is 2. The molecular weight excluding hydrogens is 306 g/mol. The molecule has 3 aromatic rings. The molecule has 0 fully saturated rings. The minimum absolute atomic E-state index is 0.158. The lowest BCUT2D eigenvalue weighted by Crippen LogP contribution is -2.23. The summed E-state index contributed by atoms with van der Waals surface area (Å²) in [6, 6.07) is 13.0. The lowest BCUT2D eigenvalue weighted by molar-refractivity contribution is 0.105. The van der Waals surface area contributed by atoms with Crippen molar-refractivity contribution >= 4 is 16.6 Å². The van der Waals surface area contributed by atoms with Crippen molar-refractivity contribution in [2.24, 2.45) is 0 Å². The lowest BCUT2D eigenvalue weighted by atomic mass is 10.0. The zero-order valence-corrected chi connectivity index (χ0v) is 13.3. The molecular formula is C18H19N3O3. The molecule has 0 bridgehead atoms. The van der Waals surface area contributed by atoms with Gasteiger partial charge in [0.25, 0.3) is 0 Å². The average Bonchev–Trinajstić information content (AvgIpc) is 2.60. The smallest absolute Gasteiger partial charge is 0.156 e. The van der Waals surface area contributed by atoms with Crippen LogP contribution in [0.25, 0.3) is 22.0 Å². The van der Waals surface area contributed by atoms with Crippen LogP contribution in [0.5, 0.6) is 5.75 Å². The number of anilines is 1. The van der Waals surface area contributed by atoms with Gasteiger partial charge in [-0.15, -0.1) is 10.2 Å². The van der Waals surface area contributed by atoms with Crippen LogP contribution in [0.15, 0.2) is 42.5 Å². The Balaban J connectivity index is 2.08. The van der Waals surface area contributed by atoms with Crippen molar-refractivity contribution in [1.82, 2.24) is 10.2 Å². The van der Waals surface area contributed by atoms with E-state index in [-0.39, 0.29) is 18.9 Å². The molecule has 24 heavy (non-hydrogen) atoms. The number of hydrogen-bond acceptors (Lipinski definition) is 6. The molecule has 4 N–H and O–H groups in total. The molecule has 0 spiro atoms. The van der Waals surface area contributed by atoms with E-state index < -0.39 is 6.10 Å². The van der Waals surface area contributed by atoms with Crippen molar-refractivity contribution in [3.63, 3.8) is 0 Å². The maximum atomic E-state index is 10.2. The van der Waals surface area contributed by atoms with Gasteiger partial charge in [0.1, 0.15) is 11.4 Å². The Labute approximate surface area is 139 Å². The van der Waals surface area contributed by atoms with Crippen LogP contribution >= 0.6 is 0 Å². The maximum absolute atomic E-state index is 10.2. The van der Waals surface area contributed by atoms with Gasteiger partial charge in [-0.3, -0.25) is 0 Å². The summed E-state index contributed by atoms with van der Waals surface area (Å²) >= 11 is 0. The predicted octanol–water partition coefficient (Wildman–Crippen LogP) is 2.08. The molecule has 1 aromatic heterocycles. The quantitative estimate of drug-likeness (QED) is 0.573. The summed E-state index contributed by atoms with van der Waals surface area (Å²) in [6.45, 7) is 1.75. The summed E-state index contributed by atoms with van der Waals surface area (Å²) in [7, 11) is 0. The van der Waals surface area contributed by atoms with E-state index in [1.807, 2.05) is 43.3 Å². The van der Waals surface area contributed by atoms with Gasteiger partial charge in [-0.25, -0.2) is 0 Å². The standard InChI is InChI=1S/C18H19N3O3/c1-11-6-7-15(16(24)8-11)17-13-4-2-3-5-14(13)18(21-20-17)19-9-12(23)10-22/h2-8,12,22-24H,9-10H2,1H3,(H,19,21). The van der Waals surface area contributed by atoms with Gasteiger partial charge in [0.15, 0.2) is 5.82 Å². The number of fused-ring (bicyclic) bond motifs is 1. The highest BCUT2D eigenvalue weighted by molar-refractivity contribution is 6.00. The molecule has 0 radical (unpaired) electrons. The van der Waals surface area contributed by atoms with Crippen LogP contribution in [0.2, 0.25) is 0 Å². The normalized spacial score (nSPS) is 12.3. The molecule has 2 aromatic carbocycles. The number of rotatable bonds is 5. The number of aliphatic hydroxyl groups excluding tert-OH is 2. The fourth-order valence-corrected chi connectivity index (χ4v) is 2.55. The molecule has 1 atom stereocenters. The Kier molecular flexibility index (Phi) is 4.59. The largest absolute Gasteiger partial charge is 0.507 e. The molecule has 3 rings (SSSR count). The summed E-state index contributed by atoms with van der Waals surface area (Å²) in [5, 5.41) is 41.8. The van der Waals surface area contributed by atoms with Gasteiger partial charge in [0, 0.05) is 22.9 Å². The Bertz CT molecular complexity index is 867. The first kappa shape index (κ1) is 16.2. The van der Waals surface area contributed by atoms with Crippen LogP contribution < -0.4 is 5.32 Å². The van der Waals surface area contributed by atoms with Gasteiger partial charge < -0.3 is 20.6 Å². The van der Waals surface area contributed by atoms with Crippen LogP contribution in [0.1, 0.15) is 5.56 Å². The van der Waals surface area contributed by atoms with Gasteiger partial charge in [-0.05, 0) is 24.6 Å². The number of aromatic hydroxyl groups is 1. The van der Waals surface area contributed by atoms with E-state index >= 15 is 0 Å². The molecule has 124 valence electrons. The first-order chi connectivity index (χ1) is 11.6. The molecule has 1 heterocycles. The topological polar surface area (TPSA) is 98.5 Å². The van der Waals surface area contributed by atoms with Gasteiger partial charge in [-0.2, -0.15) is 0 Å². The maximum Gasteiger partial charge on any atom is 0.156 e. The molecule has 6 nitrogen and oxygen atoms in total. The van der Waals surface area contributed by atoms with Crippen LogP contribution in [-0.4, -0.2) is 44.8 Å². The number of aryl methyl sites for hydroxylation is 1. The van der Waals surface area contributed by atoms with Crippen molar-refractivity contribution in [3.05, 3.63) is 48.0 Å². The van der Waals surface area contributed by atoms with E-state index in [0.717, 1.165) is 16.3 Å². The summed E-state index contributed by atoms with van der Waals surface area (Å²) in [4.78, 5) is 0. The highest BCUT2D eigenvalue weighted by Gasteiger charge is 2.14. The number of nitrogens with one attached hydrogen (secondary N) is 1. The molecule has 0 saturated heterocycles. The first-order valence-electron chi connectivity index (χ1n) is 7.68. The summed E-state index contributed by atoms with van der Waals surface area (Å²) in [5.74, 6) is 0.680. The second kappa shape index (κ2) is 6.82. The third-order valence-corrected chi connectivity index (χ3v) is 3.81. The molecule has 6 heteroatoms. The van der Waals surface area contributed by atoms with E-state index in [0.29, 0.717) is 17.1 Å². The number of aliphatic hydroxyl groups is 2. The van der Waals surface area contributed by atoms with Crippen molar-refractivity contribution < 1.29 is 15.3 Å². The second-order valence-electron chi connectivity index (χ2n) is 5.68. The van der Waals surface area contributed by atoms with Crippen LogP contribution in [0, 0.1) is 6.92 Å². The predicted molar refractivity (Wildman–Crippen MR) is 93.0 cm³/mol. The van der Waals surface area contributed by atoms with Crippen molar-refractivity contribution in [2.75, 3.05) is 18.5 Å². The Morgan fingerprint density at radius 2 is 1.83 bits per heavy atom. The molecule has 0 amide bonds. The van der Waals surface area contributed by atoms with E-state index in [2.05, 4.69) is 15.5 Å². The van der Waals surface area contributed by atoms with Gasteiger partial charge in [-0.1, -0.05) is 30.3 Å². The SMILES string of the molecule is Cc1ccc(-c2nnc(NCC(O)CO)c3ccccc23)c(O)c1. The molecule has 0 aliphatic heterocycles. The molecule has 0 aliphatic carbocycles. The minimum Gasteiger partial charge on any atom is -0.507 e. The first-order valence-corrected chi connectivity index (χ1v) is 7.68. The Morgan fingerprint density at radius 3 is 2.54 bits per heavy atom.